The lowest BCUT2D eigenvalue weighted by Gasteiger charge is -2.34. The van der Waals surface area contributed by atoms with Crippen LogP contribution in [-0.4, -0.2) is 25.0 Å². The summed E-state index contributed by atoms with van der Waals surface area (Å²) in [5.41, 5.74) is 8.81. The Kier molecular flexibility index (Phi) is 13.9. The van der Waals surface area contributed by atoms with E-state index in [0.29, 0.717) is 35.7 Å². The second-order valence-electron chi connectivity index (χ2n) is 15.5. The van der Waals surface area contributed by atoms with Crippen LogP contribution >= 0.6 is 0 Å². The van der Waals surface area contributed by atoms with Crippen molar-refractivity contribution in [3.63, 3.8) is 0 Å². The van der Waals surface area contributed by atoms with Gasteiger partial charge in [-0.3, -0.25) is 9.59 Å². The molecule has 7 rings (SSSR count). The van der Waals surface area contributed by atoms with Crippen molar-refractivity contribution in [2.45, 2.75) is 83.5 Å². The Labute approximate surface area is 350 Å². The summed E-state index contributed by atoms with van der Waals surface area (Å²) < 4.78 is 11.8. The molecule has 0 saturated carbocycles. The zero-order chi connectivity index (χ0) is 40.9. The molecule has 0 atom stereocenters. The lowest BCUT2D eigenvalue weighted by Crippen LogP contribution is -2.28. The molecule has 59 heavy (non-hydrogen) atoms. The van der Waals surface area contributed by atoms with Gasteiger partial charge in [-0.25, -0.2) is 0 Å². The van der Waals surface area contributed by atoms with Crippen molar-refractivity contribution >= 4 is 23.2 Å². The molecule has 302 valence electrons. The quantitative estimate of drug-likeness (QED) is 0.0755. The third-order valence-corrected chi connectivity index (χ3v) is 11.4. The third kappa shape index (κ3) is 9.60. The van der Waals surface area contributed by atoms with Crippen LogP contribution in [0.5, 0.6) is 11.5 Å². The van der Waals surface area contributed by atoms with E-state index in [1.807, 2.05) is 72.8 Å². The first kappa shape index (κ1) is 41.0. The van der Waals surface area contributed by atoms with E-state index < -0.39 is 5.41 Å². The highest BCUT2D eigenvalue weighted by molar-refractivity contribution is 6.05. The normalized spacial score (nSPS) is 12.3. The summed E-state index contributed by atoms with van der Waals surface area (Å²) in [6.45, 7) is 5.80. The van der Waals surface area contributed by atoms with Gasteiger partial charge in [0.25, 0.3) is 11.8 Å². The van der Waals surface area contributed by atoms with E-state index in [1.165, 1.54) is 73.6 Å². The predicted octanol–water partition coefficient (Wildman–Crippen LogP) is 13.3. The molecular weight excluding hydrogens is 729 g/mol. The highest BCUT2D eigenvalue weighted by Gasteiger charge is 2.45. The van der Waals surface area contributed by atoms with Crippen LogP contribution in [0.2, 0.25) is 0 Å². The van der Waals surface area contributed by atoms with Crippen LogP contribution in [0.25, 0.3) is 11.1 Å². The van der Waals surface area contributed by atoms with E-state index in [2.05, 4.69) is 97.3 Å². The van der Waals surface area contributed by atoms with Crippen LogP contribution in [0.15, 0.2) is 146 Å². The van der Waals surface area contributed by atoms with E-state index in [9.17, 15) is 9.59 Å². The standard InChI is InChI=1S/C53H56N2O4/c1-3-5-7-9-15-37-58-45-33-21-39(22-34-45)51(56)54-43-29-25-41(26-30-43)53(49-19-13-11-17-47(49)48-18-12-14-20-50(48)53)42-27-31-44(32-28-42)55-52(57)40-23-35-46(36-24-40)59-38-16-10-8-6-4-2/h11-14,17-36H,3-10,15-16,37-38H2,1-2H3,(H,54,56)(H,55,57). The van der Waals surface area contributed by atoms with Crippen molar-refractivity contribution in [2.24, 2.45) is 0 Å². The Hall–Kier alpha value is -6.14. The molecule has 0 spiro atoms. The maximum atomic E-state index is 13.3. The average molecular weight is 785 g/mol. The SMILES string of the molecule is CCCCCCCOc1ccc(C(=O)Nc2ccc(C3(c4ccc(NC(=O)c5ccc(OCCCCCCC)cc5)cc4)c4ccccc4-c4ccccc43)cc2)cc1. The summed E-state index contributed by atoms with van der Waals surface area (Å²) in [6, 6.07) is 48.2. The van der Waals surface area contributed by atoms with Gasteiger partial charge in [0.05, 0.1) is 18.6 Å². The van der Waals surface area contributed by atoms with Crippen molar-refractivity contribution in [3.05, 3.63) is 179 Å². The first-order chi connectivity index (χ1) is 29.0. The number of nitrogens with one attached hydrogen (secondary N) is 2. The Morgan fingerprint density at radius 1 is 0.441 bits per heavy atom. The summed E-state index contributed by atoms with van der Waals surface area (Å²) in [5.74, 6) is 1.20. The summed E-state index contributed by atoms with van der Waals surface area (Å²) in [7, 11) is 0. The van der Waals surface area contributed by atoms with Crippen LogP contribution in [-0.2, 0) is 5.41 Å². The molecule has 1 aliphatic carbocycles. The summed E-state index contributed by atoms with van der Waals surface area (Å²) in [5, 5.41) is 6.18. The highest BCUT2D eigenvalue weighted by Crippen LogP contribution is 2.56. The number of unbranched alkanes of at least 4 members (excludes halogenated alkanes) is 8. The molecule has 0 aromatic heterocycles. The molecule has 0 unspecified atom stereocenters. The number of hydrogen-bond acceptors (Lipinski definition) is 4. The zero-order valence-corrected chi connectivity index (χ0v) is 34.5. The van der Waals surface area contributed by atoms with E-state index in [4.69, 9.17) is 9.47 Å². The Bertz CT molecular complexity index is 2120. The van der Waals surface area contributed by atoms with Gasteiger partial charge in [0.15, 0.2) is 0 Å². The van der Waals surface area contributed by atoms with Crippen LogP contribution in [0.4, 0.5) is 11.4 Å². The van der Waals surface area contributed by atoms with Crippen LogP contribution < -0.4 is 20.1 Å². The molecule has 2 N–H and O–H groups in total. The maximum Gasteiger partial charge on any atom is 0.255 e. The summed E-state index contributed by atoms with van der Waals surface area (Å²) in [4.78, 5) is 26.7. The number of benzene rings is 6. The molecule has 0 heterocycles. The fraction of sp³-hybridized carbons (Fsp3) is 0.283. The van der Waals surface area contributed by atoms with Gasteiger partial charge in [-0.2, -0.15) is 0 Å². The number of fused-ring (bicyclic) bond motifs is 3. The van der Waals surface area contributed by atoms with Gasteiger partial charge in [0.2, 0.25) is 0 Å². The second-order valence-corrected chi connectivity index (χ2v) is 15.5. The molecule has 6 heteroatoms. The van der Waals surface area contributed by atoms with Crippen molar-refractivity contribution in [1.82, 2.24) is 0 Å². The molecule has 0 fully saturated rings. The fourth-order valence-corrected chi connectivity index (χ4v) is 8.23. The smallest absolute Gasteiger partial charge is 0.255 e. The van der Waals surface area contributed by atoms with Gasteiger partial charge in [0, 0.05) is 22.5 Å². The fourth-order valence-electron chi connectivity index (χ4n) is 8.23. The molecule has 0 bridgehead atoms. The van der Waals surface area contributed by atoms with Gasteiger partial charge in [0.1, 0.15) is 11.5 Å². The highest BCUT2D eigenvalue weighted by atomic mass is 16.5. The number of hydrogen-bond donors (Lipinski definition) is 2. The van der Waals surface area contributed by atoms with Crippen molar-refractivity contribution in [2.75, 3.05) is 23.8 Å². The molecular formula is C53H56N2O4. The number of carbonyl (C=O) groups excluding carboxylic acids is 2. The van der Waals surface area contributed by atoms with Crippen molar-refractivity contribution in [3.8, 4) is 22.6 Å². The number of rotatable bonds is 20. The molecule has 1 aliphatic rings. The largest absolute Gasteiger partial charge is 0.494 e. The van der Waals surface area contributed by atoms with Gasteiger partial charge >= 0.3 is 0 Å². The minimum Gasteiger partial charge on any atom is -0.494 e. The summed E-state index contributed by atoms with van der Waals surface area (Å²) >= 11 is 0. The monoisotopic (exact) mass is 784 g/mol. The Morgan fingerprint density at radius 2 is 0.814 bits per heavy atom. The topological polar surface area (TPSA) is 76.7 Å². The molecule has 2 amide bonds. The minimum absolute atomic E-state index is 0.176. The number of anilines is 2. The van der Waals surface area contributed by atoms with E-state index in [1.54, 1.807) is 0 Å². The van der Waals surface area contributed by atoms with Gasteiger partial charge in [-0.15, -0.1) is 0 Å². The molecule has 6 aromatic carbocycles. The second kappa shape index (κ2) is 20.0. The number of ether oxygens (including phenoxy) is 2. The Balaban J connectivity index is 1.07. The molecule has 6 nitrogen and oxygen atoms in total. The molecule has 0 saturated heterocycles. The summed E-state index contributed by atoms with van der Waals surface area (Å²) in [6.07, 6.45) is 11.9. The average Bonchev–Trinajstić information content (AvgIpc) is 3.58. The predicted molar refractivity (Wildman–Crippen MR) is 241 cm³/mol. The van der Waals surface area contributed by atoms with E-state index >= 15 is 0 Å². The van der Waals surface area contributed by atoms with E-state index in [0.717, 1.165) is 35.5 Å². The number of carbonyl (C=O) groups is 2. The Morgan fingerprint density at radius 3 is 1.20 bits per heavy atom. The molecule has 6 aromatic rings. The van der Waals surface area contributed by atoms with Gasteiger partial charge < -0.3 is 20.1 Å². The molecule has 0 radical (unpaired) electrons. The van der Waals surface area contributed by atoms with E-state index in [-0.39, 0.29) is 11.8 Å². The lowest BCUT2D eigenvalue weighted by atomic mass is 9.67. The minimum atomic E-state index is -0.629. The van der Waals surface area contributed by atoms with Crippen LogP contribution in [0.1, 0.15) is 121 Å². The first-order valence-corrected chi connectivity index (χ1v) is 21.5. The zero-order valence-electron chi connectivity index (χ0n) is 34.5. The van der Waals surface area contributed by atoms with Crippen molar-refractivity contribution in [1.29, 1.82) is 0 Å². The van der Waals surface area contributed by atoms with Crippen LogP contribution in [0.3, 0.4) is 0 Å². The third-order valence-electron chi connectivity index (χ3n) is 11.4. The molecule has 0 aliphatic heterocycles. The van der Waals surface area contributed by atoms with Gasteiger partial charge in [-0.1, -0.05) is 138 Å². The van der Waals surface area contributed by atoms with Gasteiger partial charge in [-0.05, 0) is 119 Å². The van der Waals surface area contributed by atoms with Crippen LogP contribution in [0, 0.1) is 0 Å². The van der Waals surface area contributed by atoms with Crippen molar-refractivity contribution < 1.29 is 19.1 Å². The maximum absolute atomic E-state index is 13.3. The lowest BCUT2D eigenvalue weighted by molar-refractivity contribution is 0.101. The number of amides is 2. The first-order valence-electron chi connectivity index (χ1n) is 21.5.